The van der Waals surface area contributed by atoms with Gasteiger partial charge in [-0.05, 0) is 50.1 Å². The molecule has 6 heteroatoms. The van der Waals surface area contributed by atoms with Gasteiger partial charge < -0.3 is 14.6 Å². The molecule has 3 aromatic rings. The molecule has 1 aliphatic rings. The highest BCUT2D eigenvalue weighted by atomic mass is 16.5. The second kappa shape index (κ2) is 7.25. The van der Waals surface area contributed by atoms with Crippen molar-refractivity contribution in [1.29, 1.82) is 0 Å². The Morgan fingerprint density at radius 3 is 3.04 bits per heavy atom. The van der Waals surface area contributed by atoms with Crippen LogP contribution in [0.4, 0.5) is 0 Å². The smallest absolute Gasteiger partial charge is 0.254 e. The number of aryl methyl sites for hydroxylation is 1. The van der Waals surface area contributed by atoms with Crippen molar-refractivity contribution in [2.75, 3.05) is 13.2 Å². The van der Waals surface area contributed by atoms with Gasteiger partial charge in [0, 0.05) is 24.9 Å². The van der Waals surface area contributed by atoms with E-state index < -0.39 is 0 Å². The van der Waals surface area contributed by atoms with Gasteiger partial charge in [0.15, 0.2) is 0 Å². The number of ether oxygens (including phenoxy) is 1. The van der Waals surface area contributed by atoms with Gasteiger partial charge in [-0.2, -0.15) is 0 Å². The molecule has 0 unspecified atom stereocenters. The number of hydrogen-bond acceptors (Lipinski definition) is 4. The molecule has 1 atom stereocenters. The molecule has 0 saturated carbocycles. The minimum Gasteiger partial charge on any atom is -0.376 e. The van der Waals surface area contributed by atoms with E-state index in [1.807, 2.05) is 48.2 Å². The van der Waals surface area contributed by atoms with E-state index in [2.05, 4.69) is 15.0 Å². The second-order valence-electron chi connectivity index (χ2n) is 6.70. The number of hydrogen-bond donors (Lipinski definition) is 1. The number of nitrogens with zero attached hydrogens (tertiary/aromatic N) is 3. The van der Waals surface area contributed by atoms with Crippen molar-refractivity contribution in [3.05, 3.63) is 59.7 Å². The number of rotatable bonds is 5. The summed E-state index contributed by atoms with van der Waals surface area (Å²) in [6.07, 6.45) is 3.89. The van der Waals surface area contributed by atoms with Crippen LogP contribution in [-0.4, -0.2) is 45.0 Å². The number of H-pyrrole nitrogens is 1. The van der Waals surface area contributed by atoms with Crippen LogP contribution in [0.15, 0.2) is 42.6 Å². The Kier molecular flexibility index (Phi) is 4.67. The van der Waals surface area contributed by atoms with Gasteiger partial charge >= 0.3 is 0 Å². The summed E-state index contributed by atoms with van der Waals surface area (Å²) in [5, 5.41) is 0. The average Bonchev–Trinajstić information content (AvgIpc) is 3.29. The van der Waals surface area contributed by atoms with Crippen LogP contribution in [0, 0.1) is 6.92 Å². The van der Waals surface area contributed by atoms with Gasteiger partial charge in [-0.1, -0.05) is 6.07 Å². The van der Waals surface area contributed by atoms with Gasteiger partial charge in [-0.15, -0.1) is 0 Å². The fraction of sp³-hybridized carbons (Fsp3) is 0.350. The second-order valence-corrected chi connectivity index (χ2v) is 6.70. The number of imidazole rings is 1. The summed E-state index contributed by atoms with van der Waals surface area (Å²) in [5.74, 6) is 0.828. The SMILES string of the molecule is Cc1nc2ccc(C(=O)N(Cc3ccccn3)C[C@@H]3CCCO3)cc2[nH]1. The lowest BCUT2D eigenvalue weighted by Crippen LogP contribution is -2.37. The Bertz CT molecular complexity index is 901. The van der Waals surface area contributed by atoms with Crippen molar-refractivity contribution in [2.24, 2.45) is 0 Å². The molecular formula is C20H22N4O2. The van der Waals surface area contributed by atoms with Crippen molar-refractivity contribution < 1.29 is 9.53 Å². The van der Waals surface area contributed by atoms with Crippen LogP contribution in [0.1, 0.15) is 34.7 Å². The predicted octanol–water partition coefficient (Wildman–Crippen LogP) is 3.09. The molecule has 0 spiro atoms. The Morgan fingerprint density at radius 2 is 2.27 bits per heavy atom. The van der Waals surface area contributed by atoms with Gasteiger partial charge in [0.25, 0.3) is 5.91 Å². The molecule has 1 aromatic carbocycles. The maximum atomic E-state index is 13.2. The zero-order chi connectivity index (χ0) is 17.9. The van der Waals surface area contributed by atoms with Crippen molar-refractivity contribution >= 4 is 16.9 Å². The summed E-state index contributed by atoms with van der Waals surface area (Å²) in [6.45, 7) is 3.73. The van der Waals surface area contributed by atoms with E-state index in [4.69, 9.17) is 4.74 Å². The Balaban J connectivity index is 1.60. The zero-order valence-electron chi connectivity index (χ0n) is 14.8. The molecule has 2 aromatic heterocycles. The van der Waals surface area contributed by atoms with Crippen LogP contribution in [0.25, 0.3) is 11.0 Å². The maximum absolute atomic E-state index is 13.2. The lowest BCUT2D eigenvalue weighted by molar-refractivity contribution is 0.0504. The van der Waals surface area contributed by atoms with Crippen molar-refractivity contribution in [2.45, 2.75) is 32.4 Å². The van der Waals surface area contributed by atoms with Crippen LogP contribution in [-0.2, 0) is 11.3 Å². The van der Waals surface area contributed by atoms with Gasteiger partial charge in [0.05, 0.1) is 29.4 Å². The molecule has 1 N–H and O–H groups in total. The van der Waals surface area contributed by atoms with Gasteiger partial charge in [-0.25, -0.2) is 4.98 Å². The first-order valence-corrected chi connectivity index (χ1v) is 8.96. The summed E-state index contributed by atoms with van der Waals surface area (Å²) in [6, 6.07) is 11.4. The maximum Gasteiger partial charge on any atom is 0.254 e. The Morgan fingerprint density at radius 1 is 1.35 bits per heavy atom. The van der Waals surface area contributed by atoms with E-state index in [9.17, 15) is 4.79 Å². The van der Waals surface area contributed by atoms with Crippen LogP contribution in [0.2, 0.25) is 0 Å². The lowest BCUT2D eigenvalue weighted by atomic mass is 10.1. The zero-order valence-corrected chi connectivity index (χ0v) is 14.8. The number of carbonyl (C=O) groups is 1. The molecule has 26 heavy (non-hydrogen) atoms. The number of benzene rings is 1. The summed E-state index contributed by atoms with van der Waals surface area (Å²) in [7, 11) is 0. The van der Waals surface area contributed by atoms with Gasteiger partial charge in [0.2, 0.25) is 0 Å². The minimum atomic E-state index is -0.0136. The van der Waals surface area contributed by atoms with Crippen LogP contribution >= 0.6 is 0 Å². The van der Waals surface area contributed by atoms with E-state index in [1.165, 1.54) is 0 Å². The first-order valence-electron chi connectivity index (χ1n) is 8.96. The van der Waals surface area contributed by atoms with E-state index in [0.29, 0.717) is 18.7 Å². The molecule has 134 valence electrons. The molecule has 1 fully saturated rings. The molecule has 0 bridgehead atoms. The molecular weight excluding hydrogens is 328 g/mol. The number of aromatic amines is 1. The largest absolute Gasteiger partial charge is 0.376 e. The number of carbonyl (C=O) groups excluding carboxylic acids is 1. The normalized spacial score (nSPS) is 16.9. The average molecular weight is 350 g/mol. The highest BCUT2D eigenvalue weighted by molar-refractivity contribution is 5.97. The van der Waals surface area contributed by atoms with E-state index >= 15 is 0 Å². The molecule has 0 radical (unpaired) electrons. The number of amides is 1. The lowest BCUT2D eigenvalue weighted by Gasteiger charge is -2.25. The molecule has 4 rings (SSSR count). The van der Waals surface area contributed by atoms with Gasteiger partial charge in [-0.3, -0.25) is 9.78 Å². The Labute approximate surface area is 152 Å². The van der Waals surface area contributed by atoms with E-state index in [-0.39, 0.29) is 12.0 Å². The third kappa shape index (κ3) is 3.60. The monoisotopic (exact) mass is 350 g/mol. The van der Waals surface area contributed by atoms with E-state index in [0.717, 1.165) is 42.0 Å². The number of nitrogens with one attached hydrogen (secondary N) is 1. The van der Waals surface area contributed by atoms with Crippen molar-refractivity contribution in [3.63, 3.8) is 0 Å². The highest BCUT2D eigenvalue weighted by Crippen LogP contribution is 2.19. The molecule has 6 nitrogen and oxygen atoms in total. The third-order valence-corrected chi connectivity index (χ3v) is 4.66. The van der Waals surface area contributed by atoms with Crippen molar-refractivity contribution in [1.82, 2.24) is 19.9 Å². The summed E-state index contributed by atoms with van der Waals surface area (Å²) in [5.41, 5.74) is 3.27. The van der Waals surface area contributed by atoms with Crippen LogP contribution < -0.4 is 0 Å². The van der Waals surface area contributed by atoms with Gasteiger partial charge in [0.1, 0.15) is 5.82 Å². The predicted molar refractivity (Wildman–Crippen MR) is 98.8 cm³/mol. The molecule has 1 saturated heterocycles. The standard InChI is InChI=1S/C20H22N4O2/c1-14-22-18-8-7-15(11-19(18)23-14)20(25)24(13-17-6-4-10-26-17)12-16-5-2-3-9-21-16/h2-3,5,7-9,11,17H,4,6,10,12-13H2,1H3,(H,22,23)/t17-/m0/s1. The first kappa shape index (κ1) is 16.7. The third-order valence-electron chi connectivity index (χ3n) is 4.66. The number of aromatic nitrogens is 3. The molecule has 3 heterocycles. The minimum absolute atomic E-state index is 0.0136. The molecule has 1 aliphatic heterocycles. The quantitative estimate of drug-likeness (QED) is 0.768. The van der Waals surface area contributed by atoms with Crippen molar-refractivity contribution in [3.8, 4) is 0 Å². The topological polar surface area (TPSA) is 71.1 Å². The fourth-order valence-electron chi connectivity index (χ4n) is 3.39. The highest BCUT2D eigenvalue weighted by Gasteiger charge is 2.24. The fourth-order valence-corrected chi connectivity index (χ4v) is 3.39. The van der Waals surface area contributed by atoms with Crippen LogP contribution in [0.3, 0.4) is 0 Å². The Hall–Kier alpha value is -2.73. The molecule has 1 amide bonds. The number of pyridine rings is 1. The summed E-state index contributed by atoms with van der Waals surface area (Å²) < 4.78 is 5.75. The summed E-state index contributed by atoms with van der Waals surface area (Å²) >= 11 is 0. The first-order chi connectivity index (χ1) is 12.7. The summed E-state index contributed by atoms with van der Waals surface area (Å²) in [4.78, 5) is 27.0. The van der Waals surface area contributed by atoms with E-state index in [1.54, 1.807) is 6.20 Å². The molecule has 0 aliphatic carbocycles. The number of fused-ring (bicyclic) bond motifs is 1. The van der Waals surface area contributed by atoms with Crippen LogP contribution in [0.5, 0.6) is 0 Å².